The molecule has 3 fully saturated rings. The van der Waals surface area contributed by atoms with E-state index in [4.69, 9.17) is 0 Å². The quantitative estimate of drug-likeness (QED) is 0.427. The Balaban J connectivity index is 1.40. The number of hydrogen-bond acceptors (Lipinski definition) is 2. The number of carbonyl (C=O) groups is 2. The number of carbonyl (C=O) groups excluding carboxylic acids is 2. The Morgan fingerprint density at radius 2 is 1.70 bits per heavy atom. The highest BCUT2D eigenvalue weighted by Gasteiger charge is 2.61. The summed E-state index contributed by atoms with van der Waals surface area (Å²) in [7, 11) is 0. The fourth-order valence-electron chi connectivity index (χ4n) is 8.06. The van der Waals surface area contributed by atoms with Gasteiger partial charge in [0.05, 0.1) is 16.8 Å². The van der Waals surface area contributed by atoms with Gasteiger partial charge in [-0.15, -0.1) is 0 Å². The Labute approximate surface area is 211 Å². The van der Waals surface area contributed by atoms with E-state index in [-0.39, 0.29) is 23.3 Å². The minimum Gasteiger partial charge on any atom is -0.349 e. The van der Waals surface area contributed by atoms with Crippen LogP contribution in [0.3, 0.4) is 0 Å². The molecule has 1 aromatic carbocycles. The van der Waals surface area contributed by atoms with Gasteiger partial charge in [0.15, 0.2) is 0 Å². The molecule has 1 aromatic rings. The first-order valence-electron chi connectivity index (χ1n) is 12.7. The van der Waals surface area contributed by atoms with Crippen LogP contribution in [0.2, 0.25) is 0 Å². The van der Waals surface area contributed by atoms with E-state index in [1.165, 1.54) is 0 Å². The van der Waals surface area contributed by atoms with E-state index < -0.39 is 46.4 Å². The molecular weight excluding hydrogens is 498 g/mol. The van der Waals surface area contributed by atoms with Crippen molar-refractivity contribution in [2.75, 3.05) is 5.32 Å². The third-order valence-corrected chi connectivity index (χ3v) is 9.91. The number of benzene rings is 1. The average molecular weight is 529 g/mol. The summed E-state index contributed by atoms with van der Waals surface area (Å²) in [6.07, 6.45) is -1.73. The molecule has 0 saturated heterocycles. The van der Waals surface area contributed by atoms with Crippen molar-refractivity contribution in [3.8, 4) is 0 Å². The predicted molar refractivity (Wildman–Crippen MR) is 124 cm³/mol. The van der Waals surface area contributed by atoms with Gasteiger partial charge in [-0.1, -0.05) is 19.9 Å². The van der Waals surface area contributed by atoms with Gasteiger partial charge >= 0.3 is 12.4 Å². The molecular formula is C27H30F6N2O2. The fraction of sp³-hybridized carbons (Fsp3) is 0.630. The Morgan fingerprint density at radius 1 is 0.973 bits per heavy atom. The lowest BCUT2D eigenvalue weighted by molar-refractivity contribution is -0.141. The van der Waals surface area contributed by atoms with Gasteiger partial charge in [0.25, 0.3) is 0 Å². The molecule has 7 atom stereocenters. The molecule has 0 aromatic heterocycles. The predicted octanol–water partition coefficient (Wildman–Crippen LogP) is 6.58. The summed E-state index contributed by atoms with van der Waals surface area (Å²) in [5.41, 5.74) is -4.06. The molecule has 3 saturated carbocycles. The highest BCUT2D eigenvalue weighted by molar-refractivity contribution is 5.94. The zero-order valence-corrected chi connectivity index (χ0v) is 20.6. The molecule has 0 radical (unpaired) electrons. The molecule has 4 aliphatic rings. The van der Waals surface area contributed by atoms with Gasteiger partial charge in [0, 0.05) is 17.4 Å². The van der Waals surface area contributed by atoms with Gasteiger partial charge in [0.2, 0.25) is 11.8 Å². The molecule has 10 heteroatoms. The first-order chi connectivity index (χ1) is 17.1. The van der Waals surface area contributed by atoms with Crippen LogP contribution in [0.5, 0.6) is 0 Å². The molecule has 2 N–H and O–H groups in total. The lowest BCUT2D eigenvalue weighted by Gasteiger charge is -2.58. The third kappa shape index (κ3) is 4.24. The highest BCUT2D eigenvalue weighted by Crippen LogP contribution is 2.65. The molecule has 3 aliphatic carbocycles. The van der Waals surface area contributed by atoms with Crippen molar-refractivity contribution in [3.63, 3.8) is 0 Å². The van der Waals surface area contributed by atoms with Crippen molar-refractivity contribution in [1.29, 1.82) is 0 Å². The second kappa shape index (κ2) is 8.50. The Kier molecular flexibility index (Phi) is 5.99. The summed E-state index contributed by atoms with van der Waals surface area (Å²) in [5, 5.41) is 5.33. The second-order valence-corrected chi connectivity index (χ2v) is 11.6. The maximum absolute atomic E-state index is 13.6. The van der Waals surface area contributed by atoms with Crippen LogP contribution in [0.1, 0.15) is 63.5 Å². The summed E-state index contributed by atoms with van der Waals surface area (Å²) in [4.78, 5) is 25.3. The molecule has 0 spiro atoms. The molecule has 2 unspecified atom stereocenters. The molecule has 5 rings (SSSR count). The lowest BCUT2D eigenvalue weighted by Crippen LogP contribution is -2.59. The van der Waals surface area contributed by atoms with E-state index in [1.807, 2.05) is 13.0 Å². The number of amides is 2. The third-order valence-electron chi connectivity index (χ3n) is 9.91. The maximum Gasteiger partial charge on any atom is 0.418 e. The van der Waals surface area contributed by atoms with Gasteiger partial charge < -0.3 is 10.6 Å². The highest BCUT2D eigenvalue weighted by atomic mass is 19.4. The fourth-order valence-corrected chi connectivity index (χ4v) is 8.06. The number of hydrogen-bond donors (Lipinski definition) is 2. The van der Waals surface area contributed by atoms with Crippen LogP contribution < -0.4 is 10.6 Å². The average Bonchev–Trinajstić information content (AvgIpc) is 3.15. The molecule has 4 nitrogen and oxygen atoms in total. The van der Waals surface area contributed by atoms with Gasteiger partial charge in [-0.3, -0.25) is 9.59 Å². The van der Waals surface area contributed by atoms with Crippen molar-refractivity contribution in [2.45, 2.75) is 70.8 Å². The zero-order valence-electron chi connectivity index (χ0n) is 20.6. The van der Waals surface area contributed by atoms with Crippen molar-refractivity contribution in [1.82, 2.24) is 5.32 Å². The largest absolute Gasteiger partial charge is 0.418 e. The second-order valence-electron chi connectivity index (χ2n) is 11.6. The van der Waals surface area contributed by atoms with Crippen LogP contribution >= 0.6 is 0 Å². The first kappa shape index (κ1) is 26.1. The van der Waals surface area contributed by atoms with Crippen LogP contribution in [0, 0.1) is 34.5 Å². The maximum atomic E-state index is 13.6. The number of anilines is 1. The number of rotatable bonds is 2. The molecule has 1 heterocycles. The molecule has 37 heavy (non-hydrogen) atoms. The molecule has 1 aliphatic heterocycles. The Hall–Kier alpha value is -2.52. The summed E-state index contributed by atoms with van der Waals surface area (Å²) in [6.45, 7) is 4.17. The topological polar surface area (TPSA) is 58.2 Å². The van der Waals surface area contributed by atoms with Gasteiger partial charge in [-0.25, -0.2) is 0 Å². The van der Waals surface area contributed by atoms with Gasteiger partial charge in [0.1, 0.15) is 0 Å². The van der Waals surface area contributed by atoms with Crippen molar-refractivity contribution in [3.05, 3.63) is 41.5 Å². The van der Waals surface area contributed by atoms with Crippen molar-refractivity contribution >= 4 is 17.5 Å². The van der Waals surface area contributed by atoms with Crippen LogP contribution in [0.25, 0.3) is 0 Å². The molecule has 0 bridgehead atoms. The van der Waals surface area contributed by atoms with Crippen LogP contribution in [0.4, 0.5) is 32.0 Å². The Morgan fingerprint density at radius 3 is 2.38 bits per heavy atom. The van der Waals surface area contributed by atoms with Crippen LogP contribution in [0.15, 0.2) is 30.4 Å². The van der Waals surface area contributed by atoms with Gasteiger partial charge in [-0.05, 0) is 86.0 Å². The van der Waals surface area contributed by atoms with E-state index in [9.17, 15) is 35.9 Å². The van der Waals surface area contributed by atoms with Crippen molar-refractivity contribution < 1.29 is 35.9 Å². The minimum absolute atomic E-state index is 0.0535. The van der Waals surface area contributed by atoms with Crippen LogP contribution in [-0.4, -0.2) is 17.9 Å². The minimum atomic E-state index is -4.91. The number of fused-ring (bicyclic) bond motifs is 5. The van der Waals surface area contributed by atoms with E-state index in [1.54, 1.807) is 6.08 Å². The number of halogens is 6. The summed E-state index contributed by atoms with van der Waals surface area (Å²) >= 11 is 0. The number of alkyl halides is 6. The SMILES string of the molecule is C[C@]12C=CC(=O)N[C@@H]1CC[C@@H]1C2CC[C@]2(C)C(C(=O)Nc3cc(C(F)(F)F)ccc3C(F)(F)F)CC[C@@H]12. The molecule has 202 valence electrons. The van der Waals surface area contributed by atoms with Crippen molar-refractivity contribution in [2.24, 2.45) is 34.5 Å². The first-order valence-corrected chi connectivity index (χ1v) is 12.7. The lowest BCUT2D eigenvalue weighted by atomic mass is 9.48. The summed E-state index contributed by atoms with van der Waals surface area (Å²) in [5.74, 6) is -0.555. The van der Waals surface area contributed by atoms with E-state index in [0.717, 1.165) is 25.7 Å². The van der Waals surface area contributed by atoms with E-state index in [2.05, 4.69) is 17.6 Å². The molecule has 2 amide bonds. The standard InChI is InChI=1S/C27H30F6N2O2/c1-24-11-9-17-15(4-8-21-25(17,2)12-10-22(36)35-21)16(24)6-7-19(24)23(37)34-20-13-14(26(28,29)30)3-5-18(20)27(31,32)33/h3,5,10,12-13,15-17,19,21H,4,6-9,11H2,1-2H3,(H,34,37)(H,35,36)/t15-,16-,17?,19?,21+,24-,25+/m0/s1. The normalized spacial score (nSPS) is 37.3. The van der Waals surface area contributed by atoms with Crippen LogP contribution in [-0.2, 0) is 21.9 Å². The monoisotopic (exact) mass is 528 g/mol. The van der Waals surface area contributed by atoms with E-state index in [0.29, 0.717) is 42.9 Å². The van der Waals surface area contributed by atoms with E-state index >= 15 is 0 Å². The Bertz CT molecular complexity index is 1140. The smallest absolute Gasteiger partial charge is 0.349 e. The number of nitrogens with one attached hydrogen (secondary N) is 2. The van der Waals surface area contributed by atoms with Gasteiger partial charge in [-0.2, -0.15) is 26.3 Å². The summed E-state index contributed by atoms with van der Waals surface area (Å²) < 4.78 is 80.4. The summed E-state index contributed by atoms with van der Waals surface area (Å²) in [6, 6.07) is 1.18. The zero-order chi connectivity index (χ0) is 27.0.